The highest BCUT2D eigenvalue weighted by Crippen LogP contribution is 2.34. The number of rotatable bonds is 7. The molecule has 0 saturated heterocycles. The van der Waals surface area contributed by atoms with Crippen molar-refractivity contribution in [3.8, 4) is 5.69 Å². The first-order chi connectivity index (χ1) is 18.0. The quantitative estimate of drug-likeness (QED) is 0.350. The molecular formula is C26H20ClF3N4O4. The van der Waals surface area contributed by atoms with Gasteiger partial charge in [0.05, 0.1) is 29.7 Å². The maximum absolute atomic E-state index is 13.5. The second-order valence-electron chi connectivity index (χ2n) is 8.22. The van der Waals surface area contributed by atoms with Gasteiger partial charge in [0.15, 0.2) is 5.69 Å². The number of furan rings is 1. The molecule has 0 spiro atoms. The van der Waals surface area contributed by atoms with Crippen LogP contribution in [0.25, 0.3) is 5.69 Å². The van der Waals surface area contributed by atoms with Crippen molar-refractivity contribution in [2.24, 2.45) is 0 Å². The summed E-state index contributed by atoms with van der Waals surface area (Å²) in [6.07, 6.45) is -3.35. The first-order valence-electron chi connectivity index (χ1n) is 11.2. The highest BCUT2D eigenvalue weighted by molar-refractivity contribution is 6.30. The Hall–Kier alpha value is -4.38. The SMILES string of the molecule is Cc1cc(=O)c(C(=O)N(CC(=O)Nc2ccccc2C(F)(F)F)Cc2ccco2)nn1-c1ccc(Cl)cc1. The number of nitrogens with one attached hydrogen (secondary N) is 1. The Kier molecular flexibility index (Phi) is 7.67. The maximum Gasteiger partial charge on any atom is 0.418 e. The molecule has 1 N–H and O–H groups in total. The maximum atomic E-state index is 13.5. The molecule has 8 nitrogen and oxygen atoms in total. The third-order valence-electron chi connectivity index (χ3n) is 5.44. The standard InChI is InChI=1S/C26H20ClF3N4O4/c1-16-13-22(35)24(32-34(16)18-10-8-17(27)9-11-18)25(37)33(14-19-5-4-12-38-19)15-23(36)31-21-7-3-2-6-20(21)26(28,29)30/h2-13H,14-15H2,1H3,(H,31,36). The number of benzene rings is 2. The molecule has 38 heavy (non-hydrogen) atoms. The summed E-state index contributed by atoms with van der Waals surface area (Å²) in [6.45, 7) is 0.710. The van der Waals surface area contributed by atoms with Crippen molar-refractivity contribution >= 4 is 29.1 Å². The lowest BCUT2D eigenvalue weighted by atomic mass is 10.1. The lowest BCUT2D eigenvalue weighted by Gasteiger charge is -2.22. The summed E-state index contributed by atoms with van der Waals surface area (Å²) >= 11 is 5.95. The summed E-state index contributed by atoms with van der Waals surface area (Å²) < 4.78 is 46.7. The van der Waals surface area contributed by atoms with Gasteiger partial charge in [-0.3, -0.25) is 14.4 Å². The summed E-state index contributed by atoms with van der Waals surface area (Å²) in [5, 5.41) is 6.90. The van der Waals surface area contributed by atoms with Gasteiger partial charge in [0.25, 0.3) is 5.91 Å². The third-order valence-corrected chi connectivity index (χ3v) is 5.69. The number of para-hydroxylation sites is 1. The first-order valence-corrected chi connectivity index (χ1v) is 11.6. The molecule has 0 aliphatic heterocycles. The number of aryl methyl sites for hydroxylation is 1. The molecule has 0 aliphatic rings. The Morgan fingerprint density at radius 2 is 1.79 bits per heavy atom. The molecule has 2 heterocycles. The Labute approximate surface area is 219 Å². The summed E-state index contributed by atoms with van der Waals surface area (Å²) in [4.78, 5) is 40.0. The molecule has 0 bridgehead atoms. The summed E-state index contributed by atoms with van der Waals surface area (Å²) in [7, 11) is 0. The average molecular weight is 545 g/mol. The monoisotopic (exact) mass is 544 g/mol. The smallest absolute Gasteiger partial charge is 0.418 e. The summed E-state index contributed by atoms with van der Waals surface area (Å²) in [5.74, 6) is -1.54. The summed E-state index contributed by atoms with van der Waals surface area (Å²) in [6, 6.07) is 15.3. The van der Waals surface area contributed by atoms with Crippen molar-refractivity contribution in [3.05, 3.63) is 111 Å². The van der Waals surface area contributed by atoms with Gasteiger partial charge in [-0.05, 0) is 55.5 Å². The highest BCUT2D eigenvalue weighted by atomic mass is 35.5. The van der Waals surface area contributed by atoms with Crippen LogP contribution in [0.1, 0.15) is 27.5 Å². The van der Waals surface area contributed by atoms with E-state index in [1.165, 1.54) is 29.1 Å². The van der Waals surface area contributed by atoms with Gasteiger partial charge in [-0.25, -0.2) is 4.68 Å². The van der Waals surface area contributed by atoms with Gasteiger partial charge in [0.2, 0.25) is 11.3 Å². The van der Waals surface area contributed by atoms with Gasteiger partial charge in [-0.2, -0.15) is 18.3 Å². The predicted octanol–water partition coefficient (Wildman–Crippen LogP) is 5.09. The fourth-order valence-electron chi connectivity index (χ4n) is 3.68. The molecule has 2 aromatic heterocycles. The number of nitrogens with zero attached hydrogens (tertiary/aromatic N) is 3. The van der Waals surface area contributed by atoms with E-state index >= 15 is 0 Å². The van der Waals surface area contributed by atoms with Crippen LogP contribution >= 0.6 is 11.6 Å². The zero-order chi connectivity index (χ0) is 27.4. The van der Waals surface area contributed by atoms with E-state index in [0.29, 0.717) is 16.4 Å². The van der Waals surface area contributed by atoms with E-state index in [2.05, 4.69) is 10.4 Å². The van der Waals surface area contributed by atoms with Crippen LogP contribution in [0.2, 0.25) is 5.02 Å². The number of alkyl halides is 3. The minimum absolute atomic E-state index is 0.240. The minimum Gasteiger partial charge on any atom is -0.467 e. The molecule has 0 fully saturated rings. The number of carbonyl (C=O) groups excluding carboxylic acids is 2. The van der Waals surface area contributed by atoms with E-state index in [1.54, 1.807) is 43.3 Å². The molecule has 4 rings (SSSR count). The van der Waals surface area contributed by atoms with Crippen LogP contribution in [0.5, 0.6) is 0 Å². The normalized spacial score (nSPS) is 11.3. The topological polar surface area (TPSA) is 97.4 Å². The second kappa shape index (κ2) is 10.9. The molecule has 0 aliphatic carbocycles. The van der Waals surface area contributed by atoms with Gasteiger partial charge in [0, 0.05) is 16.8 Å². The number of hydrogen-bond donors (Lipinski definition) is 1. The second-order valence-corrected chi connectivity index (χ2v) is 8.66. The van der Waals surface area contributed by atoms with Crippen LogP contribution < -0.4 is 10.7 Å². The molecule has 0 atom stereocenters. The Morgan fingerprint density at radius 1 is 1.08 bits per heavy atom. The Morgan fingerprint density at radius 3 is 2.45 bits per heavy atom. The zero-order valence-electron chi connectivity index (χ0n) is 19.8. The van der Waals surface area contributed by atoms with Crippen LogP contribution in [-0.4, -0.2) is 33.0 Å². The molecular weight excluding hydrogens is 525 g/mol. The van der Waals surface area contributed by atoms with Crippen molar-refractivity contribution in [2.45, 2.75) is 19.6 Å². The van der Waals surface area contributed by atoms with Crippen LogP contribution in [0, 0.1) is 6.92 Å². The van der Waals surface area contributed by atoms with E-state index in [1.807, 2.05) is 0 Å². The fourth-order valence-corrected chi connectivity index (χ4v) is 3.81. The van der Waals surface area contributed by atoms with Gasteiger partial charge >= 0.3 is 6.18 Å². The van der Waals surface area contributed by atoms with Crippen LogP contribution in [0.15, 0.2) is 82.2 Å². The lowest BCUT2D eigenvalue weighted by molar-refractivity contribution is -0.137. The number of halogens is 4. The molecule has 2 aromatic carbocycles. The van der Waals surface area contributed by atoms with Crippen LogP contribution in [0.3, 0.4) is 0 Å². The number of aromatic nitrogens is 2. The van der Waals surface area contributed by atoms with Crippen molar-refractivity contribution in [2.75, 3.05) is 11.9 Å². The molecule has 196 valence electrons. The zero-order valence-corrected chi connectivity index (χ0v) is 20.6. The minimum atomic E-state index is -4.70. The number of amides is 2. The van der Waals surface area contributed by atoms with Crippen molar-refractivity contribution < 1.29 is 27.2 Å². The fraction of sp³-hybridized carbons (Fsp3) is 0.154. The van der Waals surface area contributed by atoms with Crippen molar-refractivity contribution in [3.63, 3.8) is 0 Å². The van der Waals surface area contributed by atoms with Gasteiger partial charge in [-0.1, -0.05) is 23.7 Å². The van der Waals surface area contributed by atoms with Crippen LogP contribution in [0.4, 0.5) is 18.9 Å². The third kappa shape index (κ3) is 6.12. The largest absolute Gasteiger partial charge is 0.467 e. The van der Waals surface area contributed by atoms with E-state index in [9.17, 15) is 27.6 Å². The van der Waals surface area contributed by atoms with Crippen molar-refractivity contribution in [1.29, 1.82) is 0 Å². The van der Waals surface area contributed by atoms with Crippen molar-refractivity contribution in [1.82, 2.24) is 14.7 Å². The number of hydrogen-bond acceptors (Lipinski definition) is 5. The molecule has 12 heteroatoms. The predicted molar refractivity (Wildman–Crippen MR) is 133 cm³/mol. The molecule has 0 radical (unpaired) electrons. The molecule has 4 aromatic rings. The van der Waals surface area contributed by atoms with Crippen LogP contribution in [-0.2, 0) is 17.5 Å². The van der Waals surface area contributed by atoms with Gasteiger partial charge in [-0.15, -0.1) is 0 Å². The average Bonchev–Trinajstić information content (AvgIpc) is 3.37. The van der Waals surface area contributed by atoms with E-state index in [0.717, 1.165) is 17.0 Å². The number of anilines is 1. The van der Waals surface area contributed by atoms with E-state index in [-0.39, 0.29) is 12.3 Å². The first kappa shape index (κ1) is 26.7. The Bertz CT molecular complexity index is 1520. The van der Waals surface area contributed by atoms with Gasteiger partial charge in [0.1, 0.15) is 12.3 Å². The summed E-state index contributed by atoms with van der Waals surface area (Å²) in [5.41, 5.74) is -1.71. The van der Waals surface area contributed by atoms with Gasteiger partial charge < -0.3 is 14.6 Å². The molecule has 0 saturated carbocycles. The number of carbonyl (C=O) groups is 2. The molecule has 2 amide bonds. The lowest BCUT2D eigenvalue weighted by Crippen LogP contribution is -2.40. The highest BCUT2D eigenvalue weighted by Gasteiger charge is 2.34. The Balaban J connectivity index is 1.65. The van der Waals surface area contributed by atoms with E-state index < -0.39 is 46.9 Å². The molecule has 0 unspecified atom stereocenters. The van der Waals surface area contributed by atoms with E-state index in [4.69, 9.17) is 16.0 Å².